The monoisotopic (exact) mass is 106 g/mol. The fraction of sp³-hybridized carbons (Fsp3) is 0.667. The Kier molecular flexibility index (Phi) is 2.47. The van der Waals surface area contributed by atoms with E-state index < -0.39 is 12.1 Å². The van der Waals surface area contributed by atoms with Crippen LogP contribution in [0.4, 0.5) is 4.39 Å². The minimum atomic E-state index is -1.55. The number of nitrogens with two attached hydrogens (primary N) is 2. The van der Waals surface area contributed by atoms with Gasteiger partial charge in [-0.25, -0.2) is 0 Å². The summed E-state index contributed by atoms with van der Waals surface area (Å²) >= 11 is 0. The van der Waals surface area contributed by atoms with Gasteiger partial charge in [0.05, 0.1) is 0 Å². The van der Waals surface area contributed by atoms with Crippen molar-refractivity contribution >= 4 is 6.04 Å². The molecule has 0 aliphatic carbocycles. The maximum absolute atomic E-state index is 11.3. The molecule has 0 aromatic heterocycles. The normalized spacial score (nSPS) is 13.6. The first-order valence-corrected chi connectivity index (χ1v) is 1.83. The van der Waals surface area contributed by atoms with Crippen LogP contribution in [0.5, 0.6) is 0 Å². The van der Waals surface area contributed by atoms with E-state index in [4.69, 9.17) is 11.5 Å². The lowest BCUT2D eigenvalue weighted by molar-refractivity contribution is -0.130. The molecule has 0 unspecified atom stereocenters. The molecular formula is C3H7FN2O. The summed E-state index contributed by atoms with van der Waals surface area (Å²) in [6, 6.07) is -2.68. The molecule has 0 saturated carbocycles. The minimum absolute atomic E-state index is 0.130. The summed E-state index contributed by atoms with van der Waals surface area (Å²) < 4.78 is 11.3. The highest BCUT2D eigenvalue weighted by atomic mass is 19.1. The predicted octanol–water partition coefficient (Wildman–Crippen LogP) is -1.23. The molecule has 42 valence electrons. The zero-order chi connectivity index (χ0) is 5.86. The van der Waals surface area contributed by atoms with E-state index in [2.05, 4.69) is 0 Å². The Labute approximate surface area is 40.5 Å². The predicted molar refractivity (Wildman–Crippen MR) is 23.1 cm³/mol. The average molecular weight is 106 g/mol. The van der Waals surface area contributed by atoms with E-state index in [1.54, 1.807) is 0 Å². The smallest absolute Gasteiger partial charge is 0.319 e. The molecule has 3 nitrogen and oxygen atoms in total. The summed E-state index contributed by atoms with van der Waals surface area (Å²) in [6.07, 6.45) is 0. The lowest BCUT2D eigenvalue weighted by atomic mass is 10.3. The zero-order valence-corrected chi connectivity index (χ0v) is 3.73. The van der Waals surface area contributed by atoms with Gasteiger partial charge in [-0.1, -0.05) is 0 Å². The van der Waals surface area contributed by atoms with E-state index in [1.165, 1.54) is 0 Å². The van der Waals surface area contributed by atoms with Gasteiger partial charge >= 0.3 is 6.04 Å². The molecule has 0 aromatic carbocycles. The Morgan fingerprint density at radius 2 is 2.29 bits per heavy atom. The van der Waals surface area contributed by atoms with Crippen LogP contribution in [0.3, 0.4) is 0 Å². The molecule has 0 radical (unpaired) electrons. The van der Waals surface area contributed by atoms with Crippen LogP contribution in [0.1, 0.15) is 0 Å². The van der Waals surface area contributed by atoms with Crippen LogP contribution in [0.2, 0.25) is 0 Å². The molecule has 7 heavy (non-hydrogen) atoms. The number of hydrogen-bond donors (Lipinski definition) is 2. The van der Waals surface area contributed by atoms with Crippen LogP contribution in [0.15, 0.2) is 0 Å². The van der Waals surface area contributed by atoms with Crippen LogP contribution in [0, 0.1) is 0 Å². The van der Waals surface area contributed by atoms with Crippen molar-refractivity contribution < 1.29 is 9.18 Å². The summed E-state index contributed by atoms with van der Waals surface area (Å²) in [7, 11) is 0. The molecule has 0 amide bonds. The maximum atomic E-state index is 11.3. The molecular weight excluding hydrogens is 99.0 g/mol. The van der Waals surface area contributed by atoms with Crippen molar-refractivity contribution in [3.8, 4) is 0 Å². The van der Waals surface area contributed by atoms with Gasteiger partial charge in [0.15, 0.2) is 0 Å². The highest BCUT2D eigenvalue weighted by Gasteiger charge is 2.07. The third-order valence-corrected chi connectivity index (χ3v) is 0.545. The van der Waals surface area contributed by atoms with E-state index in [-0.39, 0.29) is 6.54 Å². The molecule has 0 bridgehead atoms. The Hall–Kier alpha value is -0.480. The maximum Gasteiger partial charge on any atom is 0.319 e. The molecule has 0 aromatic rings. The minimum Gasteiger partial charge on any atom is -0.328 e. The Morgan fingerprint density at radius 3 is 2.29 bits per heavy atom. The van der Waals surface area contributed by atoms with Crippen molar-refractivity contribution in [1.82, 2.24) is 0 Å². The van der Waals surface area contributed by atoms with E-state index in [0.717, 1.165) is 0 Å². The van der Waals surface area contributed by atoms with E-state index in [9.17, 15) is 9.18 Å². The summed E-state index contributed by atoms with van der Waals surface area (Å²) in [6.45, 7) is -0.130. The van der Waals surface area contributed by atoms with Crippen LogP contribution < -0.4 is 11.5 Å². The molecule has 0 aliphatic rings. The molecule has 4 heteroatoms. The average Bonchev–Trinajstić information content (AvgIpc) is 1.65. The number of rotatable bonds is 2. The number of carbonyl (C=O) groups excluding carboxylic acids is 1. The number of halogens is 1. The van der Waals surface area contributed by atoms with Crippen LogP contribution >= 0.6 is 0 Å². The first kappa shape index (κ1) is 6.52. The van der Waals surface area contributed by atoms with Crippen molar-refractivity contribution in [1.29, 1.82) is 0 Å². The lowest BCUT2D eigenvalue weighted by Gasteiger charge is -1.95. The third-order valence-electron chi connectivity index (χ3n) is 0.545. The molecule has 0 fully saturated rings. The van der Waals surface area contributed by atoms with Gasteiger partial charge in [-0.2, -0.15) is 4.39 Å². The summed E-state index contributed by atoms with van der Waals surface area (Å²) in [5, 5.41) is 0. The molecule has 0 saturated heterocycles. The second-order valence-corrected chi connectivity index (χ2v) is 1.15. The van der Waals surface area contributed by atoms with Gasteiger partial charge in [-0.05, 0) is 0 Å². The third kappa shape index (κ3) is 2.24. The molecule has 0 heterocycles. The fourth-order valence-corrected chi connectivity index (χ4v) is 0.0927. The summed E-state index contributed by atoms with van der Waals surface area (Å²) in [4.78, 5) is 9.50. The van der Waals surface area contributed by atoms with Gasteiger partial charge in [-0.3, -0.25) is 4.79 Å². The zero-order valence-electron chi connectivity index (χ0n) is 3.73. The van der Waals surface area contributed by atoms with Crippen LogP contribution in [-0.4, -0.2) is 18.6 Å². The molecule has 0 spiro atoms. The second kappa shape index (κ2) is 2.65. The van der Waals surface area contributed by atoms with Crippen molar-refractivity contribution in [2.45, 2.75) is 6.04 Å². The Bertz CT molecular complexity index is 75.3. The van der Waals surface area contributed by atoms with Gasteiger partial charge in [0, 0.05) is 6.54 Å². The second-order valence-electron chi connectivity index (χ2n) is 1.15. The standard InChI is InChI=1S/C3H7FN2O/c4-3(7)2(6)1-5/h2H,1,5-6H2/t2-/m0/s1. The van der Waals surface area contributed by atoms with Gasteiger partial charge in [0.2, 0.25) is 0 Å². The van der Waals surface area contributed by atoms with Crippen LogP contribution in [0.25, 0.3) is 0 Å². The highest BCUT2D eigenvalue weighted by Crippen LogP contribution is 1.76. The molecule has 0 rings (SSSR count). The van der Waals surface area contributed by atoms with Gasteiger partial charge in [0.1, 0.15) is 6.04 Å². The van der Waals surface area contributed by atoms with Crippen molar-refractivity contribution in [2.75, 3.05) is 6.54 Å². The topological polar surface area (TPSA) is 69.1 Å². The van der Waals surface area contributed by atoms with Crippen molar-refractivity contribution in [3.05, 3.63) is 0 Å². The van der Waals surface area contributed by atoms with Gasteiger partial charge in [0.25, 0.3) is 0 Å². The van der Waals surface area contributed by atoms with Gasteiger partial charge in [-0.15, -0.1) is 0 Å². The quantitative estimate of drug-likeness (QED) is 0.433. The SMILES string of the molecule is NC[C@H](N)C(=O)F. The first-order valence-electron chi connectivity index (χ1n) is 1.83. The number of carbonyl (C=O) groups is 1. The van der Waals surface area contributed by atoms with Crippen LogP contribution in [-0.2, 0) is 4.79 Å². The fourth-order valence-electron chi connectivity index (χ4n) is 0.0927. The van der Waals surface area contributed by atoms with E-state index in [1.807, 2.05) is 0 Å². The van der Waals surface area contributed by atoms with E-state index in [0.29, 0.717) is 0 Å². The Morgan fingerprint density at radius 1 is 1.86 bits per heavy atom. The number of hydrogen-bond acceptors (Lipinski definition) is 3. The first-order chi connectivity index (χ1) is 3.18. The van der Waals surface area contributed by atoms with Gasteiger partial charge < -0.3 is 11.5 Å². The van der Waals surface area contributed by atoms with Crippen molar-refractivity contribution in [3.63, 3.8) is 0 Å². The van der Waals surface area contributed by atoms with E-state index >= 15 is 0 Å². The summed E-state index contributed by atoms with van der Waals surface area (Å²) in [5.41, 5.74) is 9.55. The lowest BCUT2D eigenvalue weighted by Crippen LogP contribution is -2.35. The molecule has 0 aliphatic heterocycles. The largest absolute Gasteiger partial charge is 0.328 e. The molecule has 4 N–H and O–H groups in total. The summed E-state index contributed by atoms with van der Waals surface area (Å²) in [5.74, 6) is 0. The highest BCUT2D eigenvalue weighted by molar-refractivity contribution is 5.74. The van der Waals surface area contributed by atoms with Crippen molar-refractivity contribution in [2.24, 2.45) is 11.5 Å². The molecule has 1 atom stereocenters. The Balaban J connectivity index is 3.34.